The van der Waals surface area contributed by atoms with Gasteiger partial charge in [-0.1, -0.05) is 6.07 Å². The van der Waals surface area contributed by atoms with Gasteiger partial charge in [0.25, 0.3) is 0 Å². The van der Waals surface area contributed by atoms with Crippen LogP contribution in [0.5, 0.6) is 5.75 Å². The Morgan fingerprint density at radius 3 is 2.70 bits per heavy atom. The first-order valence-corrected chi connectivity index (χ1v) is 9.00. The zero-order valence-corrected chi connectivity index (χ0v) is 15.5. The zero-order chi connectivity index (χ0) is 19.4. The molecule has 0 N–H and O–H groups in total. The summed E-state index contributed by atoms with van der Waals surface area (Å²) < 4.78 is 15.9. The quantitative estimate of drug-likeness (QED) is 0.599. The van der Waals surface area contributed by atoms with Gasteiger partial charge in [0.15, 0.2) is 5.78 Å². The number of carbonyl (C=O) groups is 3. The van der Waals surface area contributed by atoms with E-state index in [1.165, 1.54) is 13.2 Å². The number of methoxy groups -OCH3 is 1. The van der Waals surface area contributed by atoms with E-state index in [9.17, 15) is 14.4 Å². The van der Waals surface area contributed by atoms with Crippen LogP contribution in [0.15, 0.2) is 24.3 Å². The Balaban J connectivity index is 1.75. The highest BCUT2D eigenvalue weighted by atomic mass is 16.6. The second kappa shape index (κ2) is 7.82. The number of hydrogen-bond donors (Lipinski definition) is 0. The van der Waals surface area contributed by atoms with Gasteiger partial charge in [-0.25, -0.2) is 9.59 Å². The van der Waals surface area contributed by atoms with Crippen molar-refractivity contribution in [2.75, 3.05) is 26.8 Å². The molecular weight excluding hydrogens is 350 g/mol. The summed E-state index contributed by atoms with van der Waals surface area (Å²) in [7, 11) is 1.31. The maximum absolute atomic E-state index is 12.6. The van der Waals surface area contributed by atoms with Crippen molar-refractivity contribution in [3.8, 4) is 5.75 Å². The van der Waals surface area contributed by atoms with Crippen molar-refractivity contribution in [3.63, 3.8) is 0 Å². The molecule has 1 spiro atoms. The van der Waals surface area contributed by atoms with Gasteiger partial charge >= 0.3 is 12.1 Å². The second-order valence-electron chi connectivity index (χ2n) is 6.68. The summed E-state index contributed by atoms with van der Waals surface area (Å²) in [5.41, 5.74) is 0.689. The van der Waals surface area contributed by atoms with Gasteiger partial charge < -0.3 is 19.1 Å². The molecule has 0 atom stereocenters. The van der Waals surface area contributed by atoms with Crippen molar-refractivity contribution in [2.24, 2.45) is 0 Å². The van der Waals surface area contributed by atoms with Crippen molar-refractivity contribution in [1.82, 2.24) is 4.90 Å². The topological polar surface area (TPSA) is 82.1 Å². The number of ketones is 1. The third-order valence-electron chi connectivity index (χ3n) is 4.93. The lowest BCUT2D eigenvalue weighted by Crippen LogP contribution is -2.52. The van der Waals surface area contributed by atoms with Crippen molar-refractivity contribution in [3.05, 3.63) is 35.4 Å². The number of nitrogens with zero attached hydrogens (tertiary/aromatic N) is 1. The van der Waals surface area contributed by atoms with Gasteiger partial charge in [0.1, 0.15) is 11.4 Å². The Kier molecular flexibility index (Phi) is 5.48. The molecule has 0 unspecified atom stereocenters. The lowest BCUT2D eigenvalue weighted by atomic mass is 9.82. The lowest BCUT2D eigenvalue weighted by Gasteiger charge is -2.43. The van der Waals surface area contributed by atoms with Gasteiger partial charge in [-0.15, -0.1) is 0 Å². The highest BCUT2D eigenvalue weighted by molar-refractivity contribution is 6.00. The molecule has 0 radical (unpaired) electrons. The van der Waals surface area contributed by atoms with E-state index in [4.69, 9.17) is 9.47 Å². The lowest BCUT2D eigenvalue weighted by molar-refractivity contribution is -0.134. The van der Waals surface area contributed by atoms with Gasteiger partial charge in [0, 0.05) is 32.0 Å². The van der Waals surface area contributed by atoms with Crippen LogP contribution in [0.25, 0.3) is 6.08 Å². The van der Waals surface area contributed by atoms with Crippen molar-refractivity contribution < 1.29 is 28.6 Å². The number of hydrogen-bond acceptors (Lipinski definition) is 6. The summed E-state index contributed by atoms with van der Waals surface area (Å²) in [6.45, 7) is 3.09. The van der Waals surface area contributed by atoms with Crippen LogP contribution in [-0.4, -0.2) is 55.2 Å². The van der Waals surface area contributed by atoms with Crippen LogP contribution in [0.2, 0.25) is 0 Å². The monoisotopic (exact) mass is 373 g/mol. The summed E-state index contributed by atoms with van der Waals surface area (Å²) in [6.07, 6.45) is 4.04. The molecule has 1 aromatic carbocycles. The van der Waals surface area contributed by atoms with E-state index in [-0.39, 0.29) is 11.9 Å². The van der Waals surface area contributed by atoms with E-state index >= 15 is 0 Å². The number of benzene rings is 1. The SMILES string of the molecule is CCOC(=O)N1CCC2(CC1)CC(=O)c1ccc(/C=C/C(=O)OC)cc1O2. The fourth-order valence-corrected chi connectivity index (χ4v) is 3.44. The predicted octanol–water partition coefficient (Wildman–Crippen LogP) is 2.83. The number of rotatable bonds is 3. The molecule has 7 heteroatoms. The molecule has 0 aromatic heterocycles. The first kappa shape index (κ1) is 18.9. The van der Waals surface area contributed by atoms with Crippen molar-refractivity contribution in [1.29, 1.82) is 0 Å². The van der Waals surface area contributed by atoms with Crippen LogP contribution in [-0.2, 0) is 14.3 Å². The molecule has 7 nitrogen and oxygen atoms in total. The van der Waals surface area contributed by atoms with Crippen LogP contribution in [0.4, 0.5) is 4.79 Å². The predicted molar refractivity (Wildman–Crippen MR) is 97.6 cm³/mol. The van der Waals surface area contributed by atoms with Crippen LogP contribution in [0.3, 0.4) is 0 Å². The summed E-state index contributed by atoms with van der Waals surface area (Å²) in [5, 5.41) is 0. The number of carbonyl (C=O) groups excluding carboxylic acids is 3. The van der Waals surface area contributed by atoms with Gasteiger partial charge in [0.2, 0.25) is 0 Å². The molecule has 27 heavy (non-hydrogen) atoms. The number of ether oxygens (including phenoxy) is 3. The number of piperidine rings is 1. The standard InChI is InChI=1S/C20H23NO6/c1-3-26-19(24)21-10-8-20(9-11-21)13-16(22)15-6-4-14(12-17(15)27-20)5-7-18(23)25-2/h4-7,12H,3,8-11,13H2,1-2H3/b7-5+. The molecule has 0 bridgehead atoms. The van der Waals surface area contributed by atoms with Crippen LogP contribution in [0, 0.1) is 0 Å². The van der Waals surface area contributed by atoms with Crippen molar-refractivity contribution >= 4 is 23.9 Å². The van der Waals surface area contributed by atoms with Gasteiger partial charge in [0.05, 0.1) is 25.7 Å². The minimum Gasteiger partial charge on any atom is -0.486 e. The first-order valence-electron chi connectivity index (χ1n) is 9.00. The fraction of sp³-hybridized carbons (Fsp3) is 0.450. The Bertz CT molecular complexity index is 777. The Morgan fingerprint density at radius 2 is 2.04 bits per heavy atom. The average Bonchev–Trinajstić information content (AvgIpc) is 2.66. The average molecular weight is 373 g/mol. The molecular formula is C20H23NO6. The summed E-state index contributed by atoms with van der Waals surface area (Å²) >= 11 is 0. The normalized spacial score (nSPS) is 18.1. The molecule has 144 valence electrons. The molecule has 2 heterocycles. The Labute approximate surface area is 157 Å². The minimum absolute atomic E-state index is 0.0318. The second-order valence-corrected chi connectivity index (χ2v) is 6.68. The largest absolute Gasteiger partial charge is 0.486 e. The fourth-order valence-electron chi connectivity index (χ4n) is 3.44. The first-order chi connectivity index (χ1) is 13.0. The van der Waals surface area contributed by atoms with E-state index in [0.717, 1.165) is 5.56 Å². The maximum Gasteiger partial charge on any atom is 0.409 e. The van der Waals surface area contributed by atoms with Gasteiger partial charge in [-0.2, -0.15) is 0 Å². The molecule has 0 saturated carbocycles. The third kappa shape index (κ3) is 4.13. The molecule has 1 fully saturated rings. The Morgan fingerprint density at radius 1 is 1.30 bits per heavy atom. The smallest absolute Gasteiger partial charge is 0.409 e. The number of amides is 1. The molecule has 1 aromatic rings. The number of likely N-dealkylation sites (tertiary alicyclic amines) is 1. The van der Waals surface area contributed by atoms with Crippen LogP contribution >= 0.6 is 0 Å². The summed E-state index contributed by atoms with van der Waals surface area (Å²) in [4.78, 5) is 37.4. The number of esters is 1. The number of fused-ring (bicyclic) bond motifs is 1. The van der Waals surface area contributed by atoms with Crippen LogP contribution < -0.4 is 4.74 Å². The molecule has 1 saturated heterocycles. The van der Waals surface area contributed by atoms with Gasteiger partial charge in [-0.3, -0.25) is 4.79 Å². The van der Waals surface area contributed by atoms with E-state index in [1.807, 2.05) is 0 Å². The van der Waals surface area contributed by atoms with E-state index in [2.05, 4.69) is 4.74 Å². The van der Waals surface area contributed by atoms with Crippen LogP contribution in [0.1, 0.15) is 42.1 Å². The van der Waals surface area contributed by atoms with E-state index < -0.39 is 11.6 Å². The Hall–Kier alpha value is -2.83. The molecule has 2 aliphatic rings. The van der Waals surface area contributed by atoms with Crippen molar-refractivity contribution in [2.45, 2.75) is 31.8 Å². The highest BCUT2D eigenvalue weighted by Crippen LogP contribution is 2.40. The summed E-state index contributed by atoms with van der Waals surface area (Å²) in [6, 6.07) is 5.24. The summed E-state index contributed by atoms with van der Waals surface area (Å²) in [5.74, 6) is 0.0969. The molecule has 1 amide bonds. The van der Waals surface area contributed by atoms with E-state index in [0.29, 0.717) is 50.3 Å². The molecule has 2 aliphatic heterocycles. The molecule has 3 rings (SSSR count). The maximum atomic E-state index is 12.6. The highest BCUT2D eigenvalue weighted by Gasteiger charge is 2.43. The molecule has 0 aliphatic carbocycles. The number of Topliss-reactive ketones (excluding diaryl/α,β-unsaturated/α-hetero) is 1. The van der Waals surface area contributed by atoms with Gasteiger partial charge in [-0.05, 0) is 30.7 Å². The zero-order valence-electron chi connectivity index (χ0n) is 15.5. The third-order valence-corrected chi connectivity index (χ3v) is 4.93. The van der Waals surface area contributed by atoms with E-state index in [1.54, 1.807) is 36.1 Å². The minimum atomic E-state index is -0.599.